The number of amides is 1. The van der Waals surface area contributed by atoms with Gasteiger partial charge in [0.2, 0.25) is 0 Å². The molecule has 1 aromatic heterocycles. The van der Waals surface area contributed by atoms with Crippen LogP contribution in [-0.2, 0) is 18.4 Å². The fraction of sp³-hybridized carbons (Fsp3) is 0.407. The molecule has 0 unspecified atom stereocenters. The molecule has 2 aromatic carbocycles. The van der Waals surface area contributed by atoms with E-state index in [9.17, 15) is 20.2 Å². The van der Waals surface area contributed by atoms with Crippen molar-refractivity contribution in [2.75, 3.05) is 13.1 Å². The summed E-state index contributed by atoms with van der Waals surface area (Å²) < 4.78 is 0. The molecule has 0 atom stereocenters. The van der Waals surface area contributed by atoms with Gasteiger partial charge in [0.05, 0.1) is 11.6 Å². The summed E-state index contributed by atoms with van der Waals surface area (Å²) >= 11 is 0. The summed E-state index contributed by atoms with van der Waals surface area (Å²) in [6.45, 7) is 2.65. The van der Waals surface area contributed by atoms with Crippen molar-refractivity contribution >= 4 is 22.6 Å². The lowest BCUT2D eigenvalue weighted by atomic mass is 9.66. The Balaban J connectivity index is 1.50. The van der Waals surface area contributed by atoms with Gasteiger partial charge in [-0.3, -0.25) is 9.69 Å². The Hall–Kier alpha value is -3.70. The Kier molecular flexibility index (Phi) is 6.03. The zero-order valence-electron chi connectivity index (χ0n) is 19.7. The molecule has 1 fully saturated rings. The second-order valence-corrected chi connectivity index (χ2v) is 9.91. The number of aromatic amines is 1. The standard InChI is InChI=1S/C27H29N5O3/c28-16-18-7-8-19-9-13-31(17-20(19)15-18)14-12-27(10-2-1-3-11-27)21-5-4-6-22-23(21)24(25(29)33)26(30-22)32(34)35/h4-8,15,30H,1-3,9-14,17H2,(H2,29,33). The van der Waals surface area contributed by atoms with Crippen molar-refractivity contribution < 1.29 is 9.72 Å². The summed E-state index contributed by atoms with van der Waals surface area (Å²) in [6, 6.07) is 13.9. The summed E-state index contributed by atoms with van der Waals surface area (Å²) in [7, 11) is 0. The molecule has 2 heterocycles. The van der Waals surface area contributed by atoms with Crippen molar-refractivity contribution in [3.05, 3.63) is 74.3 Å². The number of hydrogen-bond acceptors (Lipinski definition) is 5. The number of nitro groups is 1. The van der Waals surface area contributed by atoms with Gasteiger partial charge in [0.25, 0.3) is 5.91 Å². The van der Waals surface area contributed by atoms with E-state index in [1.165, 1.54) is 17.5 Å². The first-order valence-corrected chi connectivity index (χ1v) is 12.3. The lowest BCUT2D eigenvalue weighted by Crippen LogP contribution is -2.37. The minimum Gasteiger partial charge on any atom is -0.365 e. The van der Waals surface area contributed by atoms with Gasteiger partial charge in [-0.2, -0.15) is 5.26 Å². The van der Waals surface area contributed by atoms with E-state index in [1.54, 1.807) is 6.07 Å². The molecule has 2 aliphatic rings. The number of rotatable bonds is 6. The SMILES string of the molecule is N#Cc1ccc2c(c1)CN(CCC1(c3cccc4[nH]c([N+](=O)[O-])c(C(N)=O)c34)CCCCC1)CC2. The highest BCUT2D eigenvalue weighted by Crippen LogP contribution is 2.46. The molecule has 8 nitrogen and oxygen atoms in total. The maximum Gasteiger partial charge on any atom is 0.334 e. The maximum atomic E-state index is 12.4. The van der Waals surface area contributed by atoms with Crippen LogP contribution in [0.3, 0.4) is 0 Å². The van der Waals surface area contributed by atoms with Gasteiger partial charge in [-0.15, -0.1) is 0 Å². The Morgan fingerprint density at radius 2 is 2.00 bits per heavy atom. The van der Waals surface area contributed by atoms with Crippen molar-refractivity contribution in [2.24, 2.45) is 5.73 Å². The minimum absolute atomic E-state index is 0.0125. The number of hydrogen-bond donors (Lipinski definition) is 2. The highest BCUT2D eigenvalue weighted by atomic mass is 16.6. The Bertz CT molecular complexity index is 1350. The molecule has 0 saturated heterocycles. The van der Waals surface area contributed by atoms with Gasteiger partial charge >= 0.3 is 5.82 Å². The second-order valence-electron chi connectivity index (χ2n) is 9.91. The van der Waals surface area contributed by atoms with Gasteiger partial charge in [0, 0.05) is 18.5 Å². The first kappa shape index (κ1) is 23.1. The average molecular weight is 472 g/mol. The van der Waals surface area contributed by atoms with E-state index in [1.807, 2.05) is 24.3 Å². The highest BCUT2D eigenvalue weighted by Gasteiger charge is 2.38. The van der Waals surface area contributed by atoms with Crippen LogP contribution in [0.25, 0.3) is 10.9 Å². The largest absolute Gasteiger partial charge is 0.365 e. The average Bonchev–Trinajstić information content (AvgIpc) is 3.28. The Morgan fingerprint density at radius 1 is 1.20 bits per heavy atom. The third-order valence-corrected chi connectivity index (χ3v) is 7.95. The zero-order chi connectivity index (χ0) is 24.6. The molecule has 35 heavy (non-hydrogen) atoms. The van der Waals surface area contributed by atoms with Crippen LogP contribution in [0, 0.1) is 21.4 Å². The molecule has 180 valence electrons. The number of nitrogens with one attached hydrogen (secondary N) is 1. The summed E-state index contributed by atoms with van der Waals surface area (Å²) in [4.78, 5) is 28.8. The molecule has 1 amide bonds. The first-order valence-electron chi connectivity index (χ1n) is 12.3. The fourth-order valence-corrected chi connectivity index (χ4v) is 6.18. The fourth-order valence-electron chi connectivity index (χ4n) is 6.18. The summed E-state index contributed by atoms with van der Waals surface area (Å²) in [6.07, 6.45) is 7.16. The van der Waals surface area contributed by atoms with Crippen LogP contribution < -0.4 is 5.73 Å². The van der Waals surface area contributed by atoms with Gasteiger partial charge in [-0.05, 0) is 77.5 Å². The zero-order valence-corrected chi connectivity index (χ0v) is 19.7. The lowest BCUT2D eigenvalue weighted by molar-refractivity contribution is -0.389. The number of carbonyl (C=O) groups excluding carboxylic acids is 1. The summed E-state index contributed by atoms with van der Waals surface area (Å²) in [5.41, 5.74) is 10.3. The predicted octanol–water partition coefficient (Wildman–Crippen LogP) is 4.70. The third kappa shape index (κ3) is 4.17. The second kappa shape index (κ2) is 9.16. The van der Waals surface area contributed by atoms with Crippen LogP contribution in [0.4, 0.5) is 5.82 Å². The number of primary amides is 1. The van der Waals surface area contributed by atoms with Crippen LogP contribution in [0.1, 0.15) is 71.1 Å². The Labute approximate surface area is 203 Å². The van der Waals surface area contributed by atoms with E-state index < -0.39 is 10.8 Å². The number of fused-ring (bicyclic) bond motifs is 2. The van der Waals surface area contributed by atoms with E-state index in [4.69, 9.17) is 5.73 Å². The molecule has 1 aliphatic heterocycles. The summed E-state index contributed by atoms with van der Waals surface area (Å²) in [5, 5.41) is 21.6. The van der Waals surface area contributed by atoms with Crippen LogP contribution in [-0.4, -0.2) is 33.8 Å². The van der Waals surface area contributed by atoms with Crippen LogP contribution in [0.2, 0.25) is 0 Å². The number of nitrogens with two attached hydrogens (primary N) is 1. The number of benzene rings is 2. The number of nitrogens with zero attached hydrogens (tertiary/aromatic N) is 3. The number of aromatic nitrogens is 1. The normalized spacial score (nSPS) is 17.6. The molecule has 5 rings (SSSR count). The molecular weight excluding hydrogens is 442 g/mol. The molecule has 0 radical (unpaired) electrons. The van der Waals surface area contributed by atoms with E-state index in [2.05, 4.69) is 22.0 Å². The maximum absolute atomic E-state index is 12.4. The molecule has 1 aliphatic carbocycles. The molecule has 0 bridgehead atoms. The molecule has 1 saturated carbocycles. The third-order valence-electron chi connectivity index (χ3n) is 7.95. The minimum atomic E-state index is -0.776. The van der Waals surface area contributed by atoms with Gasteiger partial charge < -0.3 is 15.8 Å². The number of nitriles is 1. The van der Waals surface area contributed by atoms with E-state index in [0.717, 1.165) is 63.7 Å². The Morgan fingerprint density at radius 3 is 2.71 bits per heavy atom. The van der Waals surface area contributed by atoms with E-state index in [-0.39, 0.29) is 16.8 Å². The predicted molar refractivity (Wildman–Crippen MR) is 133 cm³/mol. The summed E-state index contributed by atoms with van der Waals surface area (Å²) in [5.74, 6) is -1.10. The van der Waals surface area contributed by atoms with Gasteiger partial charge in [0.1, 0.15) is 11.1 Å². The number of carbonyl (C=O) groups is 1. The van der Waals surface area contributed by atoms with Crippen molar-refractivity contribution in [2.45, 2.75) is 56.9 Å². The molecule has 8 heteroatoms. The highest BCUT2D eigenvalue weighted by molar-refractivity contribution is 6.11. The van der Waals surface area contributed by atoms with Crippen LogP contribution in [0.15, 0.2) is 36.4 Å². The van der Waals surface area contributed by atoms with Gasteiger partial charge in [-0.25, -0.2) is 4.98 Å². The van der Waals surface area contributed by atoms with Gasteiger partial charge in [0.15, 0.2) is 0 Å². The number of H-pyrrole nitrogens is 1. The quantitative estimate of drug-likeness (QED) is 0.398. The van der Waals surface area contributed by atoms with Crippen molar-refractivity contribution in [3.8, 4) is 6.07 Å². The van der Waals surface area contributed by atoms with Crippen molar-refractivity contribution in [3.63, 3.8) is 0 Å². The molecule has 3 N–H and O–H groups in total. The molecular formula is C27H29N5O3. The lowest BCUT2D eigenvalue weighted by Gasteiger charge is -2.40. The molecule has 3 aromatic rings. The topological polar surface area (TPSA) is 129 Å². The monoisotopic (exact) mass is 471 g/mol. The van der Waals surface area contributed by atoms with Gasteiger partial charge in [-0.1, -0.05) is 37.5 Å². The first-order chi connectivity index (χ1) is 16.9. The van der Waals surface area contributed by atoms with E-state index in [0.29, 0.717) is 16.5 Å². The van der Waals surface area contributed by atoms with Crippen molar-refractivity contribution in [1.82, 2.24) is 9.88 Å². The van der Waals surface area contributed by atoms with Crippen LogP contribution >= 0.6 is 0 Å². The van der Waals surface area contributed by atoms with Crippen LogP contribution in [0.5, 0.6) is 0 Å². The molecule has 0 spiro atoms. The van der Waals surface area contributed by atoms with Crippen molar-refractivity contribution in [1.29, 1.82) is 5.26 Å². The van der Waals surface area contributed by atoms with E-state index >= 15 is 0 Å². The smallest absolute Gasteiger partial charge is 0.334 e.